The second kappa shape index (κ2) is 7.21. The van der Waals surface area contributed by atoms with Crippen molar-refractivity contribution < 1.29 is 0 Å². The van der Waals surface area contributed by atoms with Crippen LogP contribution >= 0.6 is 0 Å². The molecule has 23 heavy (non-hydrogen) atoms. The van der Waals surface area contributed by atoms with Crippen molar-refractivity contribution >= 4 is 5.69 Å². The van der Waals surface area contributed by atoms with Gasteiger partial charge in [-0.3, -0.25) is 4.98 Å². The second-order valence-corrected chi connectivity index (χ2v) is 5.09. The van der Waals surface area contributed by atoms with Crippen LogP contribution in [0.15, 0.2) is 72.9 Å². The number of hydrogen-bond donors (Lipinski definition) is 2. The van der Waals surface area contributed by atoms with E-state index in [1.165, 1.54) is 5.56 Å². The monoisotopic (exact) mass is 300 g/mol. The Morgan fingerprint density at radius 3 is 2.35 bits per heavy atom. The lowest BCUT2D eigenvalue weighted by atomic mass is 10.1. The van der Waals surface area contributed by atoms with Gasteiger partial charge in [-0.05, 0) is 29.8 Å². The summed E-state index contributed by atoms with van der Waals surface area (Å²) < 4.78 is 0. The lowest BCUT2D eigenvalue weighted by Gasteiger charge is -2.09. The summed E-state index contributed by atoms with van der Waals surface area (Å²) in [5.41, 5.74) is 11.0. The smallest absolute Gasteiger partial charge is 0.101 e. The molecule has 0 atom stereocenters. The van der Waals surface area contributed by atoms with Gasteiger partial charge in [-0.15, -0.1) is 0 Å². The largest absolute Gasteiger partial charge is 0.321 e. The summed E-state index contributed by atoms with van der Waals surface area (Å²) in [5.74, 6) is 0. The molecule has 0 bridgehead atoms. The molecule has 4 nitrogen and oxygen atoms in total. The van der Waals surface area contributed by atoms with Crippen LogP contribution < -0.4 is 10.9 Å². The van der Waals surface area contributed by atoms with Gasteiger partial charge in [0.15, 0.2) is 0 Å². The maximum atomic E-state index is 8.80. The molecule has 0 aliphatic rings. The van der Waals surface area contributed by atoms with Crippen molar-refractivity contribution in [3.8, 4) is 17.3 Å². The fourth-order valence-electron chi connectivity index (χ4n) is 2.19. The fourth-order valence-corrected chi connectivity index (χ4v) is 2.19. The van der Waals surface area contributed by atoms with Crippen LogP contribution in [0.3, 0.4) is 0 Å². The Labute approximate surface area is 135 Å². The van der Waals surface area contributed by atoms with Gasteiger partial charge in [0.2, 0.25) is 0 Å². The molecular weight excluding hydrogens is 284 g/mol. The highest BCUT2D eigenvalue weighted by Gasteiger charge is 2.00. The number of hydrogen-bond acceptors (Lipinski definition) is 4. The zero-order valence-corrected chi connectivity index (χ0v) is 12.5. The lowest BCUT2D eigenvalue weighted by Crippen LogP contribution is -2.20. The van der Waals surface area contributed by atoms with Crippen molar-refractivity contribution in [2.45, 2.75) is 6.54 Å². The fraction of sp³-hybridized carbons (Fsp3) is 0.0526. The summed E-state index contributed by atoms with van der Waals surface area (Å²) in [6.07, 6.45) is 1.59. The molecule has 0 spiro atoms. The van der Waals surface area contributed by atoms with E-state index in [-0.39, 0.29) is 0 Å². The first-order valence-corrected chi connectivity index (χ1v) is 7.34. The first-order chi connectivity index (χ1) is 11.3. The maximum Gasteiger partial charge on any atom is 0.101 e. The summed E-state index contributed by atoms with van der Waals surface area (Å²) in [6, 6.07) is 23.9. The standard InChI is InChI=1S/C19H16N4/c20-12-16-8-11-19(21-13-16)17-9-6-15(7-10-17)14-22-23-18-4-2-1-3-5-18/h1-11,13,22-23H,14H2. The molecule has 0 fully saturated rings. The number of rotatable bonds is 5. The zero-order valence-electron chi connectivity index (χ0n) is 12.5. The van der Waals surface area contributed by atoms with Crippen LogP contribution in [0.1, 0.15) is 11.1 Å². The first-order valence-electron chi connectivity index (χ1n) is 7.34. The minimum absolute atomic E-state index is 0.571. The molecule has 0 radical (unpaired) electrons. The number of nitrogens with zero attached hydrogens (tertiary/aromatic N) is 2. The number of anilines is 1. The van der Waals surface area contributed by atoms with Crippen LogP contribution in [0.25, 0.3) is 11.3 Å². The molecule has 3 rings (SSSR count). The van der Waals surface area contributed by atoms with Gasteiger partial charge >= 0.3 is 0 Å². The van der Waals surface area contributed by atoms with Crippen LogP contribution in [-0.4, -0.2) is 4.98 Å². The molecule has 3 aromatic rings. The highest BCUT2D eigenvalue weighted by molar-refractivity contribution is 5.59. The highest BCUT2D eigenvalue weighted by Crippen LogP contribution is 2.17. The van der Waals surface area contributed by atoms with E-state index in [1.807, 2.05) is 48.5 Å². The minimum atomic E-state index is 0.571. The van der Waals surface area contributed by atoms with Crippen LogP contribution in [0.5, 0.6) is 0 Å². The Bertz CT molecular complexity index is 788. The molecular formula is C19H16N4. The van der Waals surface area contributed by atoms with Crippen molar-refractivity contribution in [2.75, 3.05) is 5.43 Å². The minimum Gasteiger partial charge on any atom is -0.321 e. The molecule has 0 aliphatic heterocycles. The number of pyridine rings is 1. The Balaban J connectivity index is 1.59. The van der Waals surface area contributed by atoms with Gasteiger partial charge in [-0.25, -0.2) is 5.43 Å². The lowest BCUT2D eigenvalue weighted by molar-refractivity contribution is 0.801. The summed E-state index contributed by atoms with van der Waals surface area (Å²) >= 11 is 0. The molecule has 0 saturated carbocycles. The van der Waals surface area contributed by atoms with E-state index >= 15 is 0 Å². The van der Waals surface area contributed by atoms with E-state index in [0.29, 0.717) is 5.56 Å². The van der Waals surface area contributed by atoms with E-state index in [9.17, 15) is 0 Å². The number of benzene rings is 2. The van der Waals surface area contributed by atoms with Crippen molar-refractivity contribution in [1.29, 1.82) is 5.26 Å². The maximum absolute atomic E-state index is 8.80. The third-order valence-electron chi connectivity index (χ3n) is 3.44. The Hall–Kier alpha value is -3.16. The molecule has 1 aromatic heterocycles. The first kappa shape index (κ1) is 14.8. The van der Waals surface area contributed by atoms with E-state index in [4.69, 9.17) is 5.26 Å². The zero-order chi connectivity index (χ0) is 15.9. The molecule has 0 unspecified atom stereocenters. The van der Waals surface area contributed by atoms with Gasteiger partial charge in [0.1, 0.15) is 6.07 Å². The molecule has 2 N–H and O–H groups in total. The topological polar surface area (TPSA) is 60.7 Å². The van der Waals surface area contributed by atoms with Gasteiger partial charge in [-0.1, -0.05) is 42.5 Å². The molecule has 4 heteroatoms. The van der Waals surface area contributed by atoms with E-state index in [0.717, 1.165) is 23.5 Å². The van der Waals surface area contributed by atoms with Gasteiger partial charge in [0.05, 0.1) is 11.3 Å². The molecule has 2 aromatic carbocycles. The number of nitrogens with one attached hydrogen (secondary N) is 2. The highest BCUT2D eigenvalue weighted by atomic mass is 15.3. The van der Waals surface area contributed by atoms with Crippen LogP contribution in [0.2, 0.25) is 0 Å². The molecule has 0 aliphatic carbocycles. The van der Waals surface area contributed by atoms with E-state index < -0.39 is 0 Å². The molecule has 1 heterocycles. The van der Waals surface area contributed by atoms with Crippen molar-refractivity contribution in [3.05, 3.63) is 84.1 Å². The number of aromatic nitrogens is 1. The van der Waals surface area contributed by atoms with Gasteiger partial charge < -0.3 is 5.43 Å². The Morgan fingerprint density at radius 1 is 0.913 bits per heavy atom. The summed E-state index contributed by atoms with van der Waals surface area (Å²) in [7, 11) is 0. The number of hydrazine groups is 1. The van der Waals surface area contributed by atoms with E-state index in [2.05, 4.69) is 34.0 Å². The predicted octanol–water partition coefficient (Wildman–Crippen LogP) is 3.74. The van der Waals surface area contributed by atoms with Crippen molar-refractivity contribution in [2.24, 2.45) is 0 Å². The van der Waals surface area contributed by atoms with Gasteiger partial charge in [0.25, 0.3) is 0 Å². The van der Waals surface area contributed by atoms with Crippen molar-refractivity contribution in [3.63, 3.8) is 0 Å². The van der Waals surface area contributed by atoms with Crippen LogP contribution in [0.4, 0.5) is 5.69 Å². The van der Waals surface area contributed by atoms with E-state index in [1.54, 1.807) is 12.3 Å². The summed E-state index contributed by atoms with van der Waals surface area (Å²) in [5, 5.41) is 8.80. The van der Waals surface area contributed by atoms with Crippen LogP contribution in [-0.2, 0) is 6.54 Å². The second-order valence-electron chi connectivity index (χ2n) is 5.09. The Morgan fingerprint density at radius 2 is 1.70 bits per heavy atom. The predicted molar refractivity (Wildman–Crippen MR) is 91.3 cm³/mol. The molecule has 112 valence electrons. The van der Waals surface area contributed by atoms with Gasteiger partial charge in [-0.2, -0.15) is 5.26 Å². The normalized spacial score (nSPS) is 10.0. The quantitative estimate of drug-likeness (QED) is 0.705. The summed E-state index contributed by atoms with van der Waals surface area (Å²) in [4.78, 5) is 4.30. The number of nitriles is 1. The Kier molecular flexibility index (Phi) is 4.63. The average molecular weight is 300 g/mol. The van der Waals surface area contributed by atoms with Crippen molar-refractivity contribution in [1.82, 2.24) is 10.4 Å². The average Bonchev–Trinajstić information content (AvgIpc) is 2.63. The molecule has 0 saturated heterocycles. The number of para-hydroxylation sites is 1. The van der Waals surface area contributed by atoms with Gasteiger partial charge in [0, 0.05) is 24.0 Å². The SMILES string of the molecule is N#Cc1ccc(-c2ccc(CNNc3ccccc3)cc2)nc1. The third-order valence-corrected chi connectivity index (χ3v) is 3.44. The summed E-state index contributed by atoms with van der Waals surface area (Å²) in [6.45, 7) is 0.718. The third kappa shape index (κ3) is 3.94. The molecule has 0 amide bonds. The van der Waals surface area contributed by atoms with Crippen LogP contribution in [0, 0.1) is 11.3 Å².